The van der Waals surface area contributed by atoms with E-state index < -0.39 is 5.97 Å². The van der Waals surface area contributed by atoms with E-state index >= 15 is 0 Å². The van der Waals surface area contributed by atoms with Crippen molar-refractivity contribution in [2.75, 3.05) is 13.2 Å². The lowest BCUT2D eigenvalue weighted by molar-refractivity contribution is -0.130. The van der Waals surface area contributed by atoms with Crippen LogP contribution in [-0.4, -0.2) is 25.0 Å². The summed E-state index contributed by atoms with van der Waals surface area (Å²) in [6.45, 7) is 10.7. The highest BCUT2D eigenvalue weighted by Gasteiger charge is 2.07. The number of ketones is 1. The molecule has 0 unspecified atom stereocenters. The highest BCUT2D eigenvalue weighted by Crippen LogP contribution is 2.27. The minimum absolute atomic E-state index is 0.00272. The maximum atomic E-state index is 11.7. The van der Waals surface area contributed by atoms with E-state index in [1.54, 1.807) is 19.9 Å². The molecule has 0 spiro atoms. The normalized spacial score (nSPS) is 10.2. The molecule has 0 aliphatic rings. The largest absolute Gasteiger partial charge is 0.423 e. The molecule has 4 nitrogen and oxygen atoms in total. The number of Topliss-reactive ketones (excluding diaryl/α,β-unsaturated/α-hetero) is 1. The molecule has 0 amide bonds. The van der Waals surface area contributed by atoms with Gasteiger partial charge in [0.25, 0.3) is 0 Å². The zero-order chi connectivity index (χ0) is 23.1. The average Bonchev–Trinajstić information content (AvgIpc) is 2.78. The molecule has 0 aromatic heterocycles. The Bertz CT molecular complexity index is 1250. The summed E-state index contributed by atoms with van der Waals surface area (Å²) < 4.78 is 10.5. The third kappa shape index (κ3) is 6.04. The average molecular weight is 424 g/mol. The fourth-order valence-electron chi connectivity index (χ4n) is 2.86. The second-order valence-electron chi connectivity index (χ2n) is 7.47. The number of benzene rings is 3. The van der Waals surface area contributed by atoms with Crippen molar-refractivity contribution in [1.29, 1.82) is 0 Å². The molecule has 0 bridgehead atoms. The molecule has 3 aromatic rings. The van der Waals surface area contributed by atoms with Crippen LogP contribution < -0.4 is 4.74 Å². The minimum Gasteiger partial charge on any atom is -0.423 e. The molecular weight excluding hydrogens is 400 g/mol. The van der Waals surface area contributed by atoms with Crippen LogP contribution in [0.3, 0.4) is 0 Å². The number of hydrogen-bond acceptors (Lipinski definition) is 4. The minimum atomic E-state index is -0.434. The highest BCUT2D eigenvalue weighted by molar-refractivity contribution is 5.95. The van der Waals surface area contributed by atoms with E-state index in [1.165, 1.54) is 0 Å². The van der Waals surface area contributed by atoms with Crippen LogP contribution >= 0.6 is 0 Å². The van der Waals surface area contributed by atoms with Crippen LogP contribution in [0.2, 0.25) is 0 Å². The molecule has 160 valence electrons. The predicted octanol–water partition coefficient (Wildman–Crippen LogP) is 5.50. The van der Waals surface area contributed by atoms with Gasteiger partial charge in [0.1, 0.15) is 19.0 Å². The number of rotatable bonds is 7. The van der Waals surface area contributed by atoms with E-state index in [-0.39, 0.29) is 19.0 Å². The molecule has 0 saturated carbocycles. The van der Waals surface area contributed by atoms with Gasteiger partial charge in [-0.3, -0.25) is 4.79 Å². The summed E-state index contributed by atoms with van der Waals surface area (Å²) in [4.78, 5) is 23.1. The van der Waals surface area contributed by atoms with E-state index in [0.717, 1.165) is 27.5 Å². The SMILES string of the molecule is C=C(C)C(=O)COCC#Cc1ccc(-c2ccc3cc(OC(=O)C(=C)C)ccc3c2)cc1. The number of esters is 1. The summed E-state index contributed by atoms with van der Waals surface area (Å²) in [5.74, 6) is 5.88. The fourth-order valence-corrected chi connectivity index (χ4v) is 2.86. The molecule has 0 aliphatic heterocycles. The van der Waals surface area contributed by atoms with Gasteiger partial charge in [-0.15, -0.1) is 0 Å². The topological polar surface area (TPSA) is 52.6 Å². The van der Waals surface area contributed by atoms with Crippen LogP contribution in [0.25, 0.3) is 21.9 Å². The van der Waals surface area contributed by atoms with Crippen molar-refractivity contribution in [2.45, 2.75) is 13.8 Å². The molecule has 0 radical (unpaired) electrons. The maximum Gasteiger partial charge on any atom is 0.338 e. The van der Waals surface area contributed by atoms with Crippen molar-refractivity contribution >= 4 is 22.5 Å². The van der Waals surface area contributed by atoms with Gasteiger partial charge in [0, 0.05) is 11.1 Å². The molecule has 0 aliphatic carbocycles. The quantitative estimate of drug-likeness (QED) is 0.165. The second-order valence-corrected chi connectivity index (χ2v) is 7.47. The van der Waals surface area contributed by atoms with Gasteiger partial charge in [0.2, 0.25) is 0 Å². The maximum absolute atomic E-state index is 11.7. The first-order valence-corrected chi connectivity index (χ1v) is 10.1. The van der Waals surface area contributed by atoms with Crippen LogP contribution in [0.15, 0.2) is 85.0 Å². The number of carbonyl (C=O) groups excluding carboxylic acids is 2. The summed E-state index contributed by atoms with van der Waals surface area (Å²) in [5.41, 5.74) is 3.85. The summed E-state index contributed by atoms with van der Waals surface area (Å²) in [5, 5.41) is 2.02. The van der Waals surface area contributed by atoms with Gasteiger partial charge in [0.15, 0.2) is 5.78 Å². The van der Waals surface area contributed by atoms with Gasteiger partial charge in [-0.25, -0.2) is 4.79 Å². The molecule has 32 heavy (non-hydrogen) atoms. The first-order valence-electron chi connectivity index (χ1n) is 10.1. The first kappa shape index (κ1) is 22.7. The second kappa shape index (κ2) is 10.4. The first-order chi connectivity index (χ1) is 15.3. The third-order valence-electron chi connectivity index (χ3n) is 4.71. The molecule has 0 saturated heterocycles. The van der Waals surface area contributed by atoms with Crippen molar-refractivity contribution in [3.63, 3.8) is 0 Å². The van der Waals surface area contributed by atoms with Crippen LogP contribution in [0, 0.1) is 11.8 Å². The predicted molar refractivity (Wildman–Crippen MR) is 127 cm³/mol. The lowest BCUT2D eigenvalue weighted by atomic mass is 10.0. The zero-order valence-electron chi connectivity index (χ0n) is 18.2. The lowest BCUT2D eigenvalue weighted by Crippen LogP contribution is -2.08. The summed E-state index contributed by atoms with van der Waals surface area (Å²) in [6.07, 6.45) is 0. The highest BCUT2D eigenvalue weighted by atomic mass is 16.5. The lowest BCUT2D eigenvalue weighted by Gasteiger charge is -2.07. The third-order valence-corrected chi connectivity index (χ3v) is 4.71. The van der Waals surface area contributed by atoms with Crippen LogP contribution in [0.1, 0.15) is 19.4 Å². The number of carbonyl (C=O) groups is 2. The van der Waals surface area contributed by atoms with Gasteiger partial charge in [-0.05, 0) is 71.7 Å². The van der Waals surface area contributed by atoms with Gasteiger partial charge in [-0.2, -0.15) is 0 Å². The van der Waals surface area contributed by atoms with Gasteiger partial charge >= 0.3 is 5.97 Å². The smallest absolute Gasteiger partial charge is 0.338 e. The Balaban J connectivity index is 1.66. The molecule has 3 aromatic carbocycles. The Kier molecular flexibility index (Phi) is 7.38. The molecule has 0 N–H and O–H groups in total. The summed E-state index contributed by atoms with van der Waals surface area (Å²) in [7, 11) is 0. The fraction of sp³-hybridized carbons (Fsp3) is 0.143. The van der Waals surface area contributed by atoms with E-state index in [0.29, 0.717) is 16.9 Å². The van der Waals surface area contributed by atoms with Crippen LogP contribution in [0.4, 0.5) is 0 Å². The number of hydrogen-bond donors (Lipinski definition) is 0. The van der Waals surface area contributed by atoms with E-state index in [9.17, 15) is 9.59 Å². The molecule has 0 fully saturated rings. The van der Waals surface area contributed by atoms with Crippen molar-refractivity contribution in [3.05, 3.63) is 90.5 Å². The van der Waals surface area contributed by atoms with Crippen LogP contribution in [0.5, 0.6) is 5.75 Å². The van der Waals surface area contributed by atoms with Crippen molar-refractivity contribution in [1.82, 2.24) is 0 Å². The molecule has 0 heterocycles. The van der Waals surface area contributed by atoms with E-state index in [1.807, 2.05) is 48.5 Å². The molecule has 4 heteroatoms. The van der Waals surface area contributed by atoms with Gasteiger partial charge in [0.05, 0.1) is 0 Å². The Morgan fingerprint density at radius 2 is 1.50 bits per heavy atom. The van der Waals surface area contributed by atoms with Gasteiger partial charge in [-0.1, -0.05) is 55.3 Å². The molecule has 0 atom stereocenters. The van der Waals surface area contributed by atoms with Crippen molar-refractivity contribution in [2.24, 2.45) is 0 Å². The monoisotopic (exact) mass is 424 g/mol. The zero-order valence-corrected chi connectivity index (χ0v) is 18.2. The molecule has 3 rings (SSSR count). The summed E-state index contributed by atoms with van der Waals surface area (Å²) in [6, 6.07) is 19.6. The standard InChI is InChI=1S/C28H24O4/c1-19(2)27(29)18-31-15-5-6-21-7-9-22(10-8-21)23-11-12-25-17-26(14-13-24(25)16-23)32-28(30)20(3)4/h7-14,16-17H,1,3,15,18H2,2,4H3. The Labute approximate surface area is 188 Å². The molecular formula is C28H24O4. The van der Waals surface area contributed by atoms with Crippen LogP contribution in [-0.2, 0) is 14.3 Å². The van der Waals surface area contributed by atoms with Gasteiger partial charge < -0.3 is 9.47 Å². The summed E-state index contributed by atoms with van der Waals surface area (Å²) >= 11 is 0. The van der Waals surface area contributed by atoms with E-state index in [2.05, 4.69) is 31.1 Å². The van der Waals surface area contributed by atoms with E-state index in [4.69, 9.17) is 9.47 Å². The van der Waals surface area contributed by atoms with Crippen molar-refractivity contribution < 1.29 is 19.1 Å². The Hall–Kier alpha value is -3.94. The Morgan fingerprint density at radius 3 is 2.19 bits per heavy atom. The Morgan fingerprint density at radius 1 is 0.844 bits per heavy atom. The van der Waals surface area contributed by atoms with Crippen molar-refractivity contribution in [3.8, 4) is 28.7 Å². The number of fused-ring (bicyclic) bond motifs is 1. The number of ether oxygens (including phenoxy) is 2.